The Morgan fingerprint density at radius 3 is 1.87 bits per heavy atom. The molecule has 1 aliphatic rings. The van der Waals surface area contributed by atoms with Gasteiger partial charge in [-0.1, -0.05) is 17.7 Å². The quantitative estimate of drug-likeness (QED) is 0.759. The molecule has 15 heavy (non-hydrogen) atoms. The third kappa shape index (κ3) is 1.37. The molecule has 0 saturated heterocycles. The van der Waals surface area contributed by atoms with Gasteiger partial charge in [0, 0.05) is 6.42 Å². The van der Waals surface area contributed by atoms with Crippen LogP contribution in [0.4, 0.5) is 8.78 Å². The van der Waals surface area contributed by atoms with Crippen molar-refractivity contribution in [3.8, 4) is 0 Å². The van der Waals surface area contributed by atoms with Crippen molar-refractivity contribution in [1.29, 1.82) is 0 Å². The van der Waals surface area contributed by atoms with Gasteiger partial charge in [-0.05, 0) is 37.5 Å². The molecule has 2 N–H and O–H groups in total. The molecule has 0 aliphatic heterocycles. The van der Waals surface area contributed by atoms with Crippen molar-refractivity contribution in [1.82, 2.24) is 0 Å². The van der Waals surface area contributed by atoms with Gasteiger partial charge < -0.3 is 5.73 Å². The molecule has 1 aromatic carbocycles. The van der Waals surface area contributed by atoms with E-state index in [0.717, 1.165) is 16.7 Å². The molecular formula is C12H15F2N. The first-order valence-corrected chi connectivity index (χ1v) is 5.03. The van der Waals surface area contributed by atoms with Crippen LogP contribution in [0.5, 0.6) is 0 Å². The Bertz CT molecular complexity index is 403. The summed E-state index contributed by atoms with van der Waals surface area (Å²) in [7, 11) is 0. The lowest BCUT2D eigenvalue weighted by Crippen LogP contribution is -2.29. The Kier molecular flexibility index (Phi) is 1.96. The average molecular weight is 211 g/mol. The largest absolute Gasteiger partial charge is 0.316 e. The normalized spacial score (nSPS) is 27.9. The number of nitrogens with two attached hydrogens (primary N) is 1. The minimum absolute atomic E-state index is 0.231. The Morgan fingerprint density at radius 1 is 1.13 bits per heavy atom. The van der Waals surface area contributed by atoms with Crippen LogP contribution < -0.4 is 5.73 Å². The molecule has 1 nitrogen and oxygen atoms in total. The van der Waals surface area contributed by atoms with E-state index < -0.39 is 11.5 Å². The highest BCUT2D eigenvalue weighted by Gasteiger charge is 2.70. The lowest BCUT2D eigenvalue weighted by Gasteiger charge is -2.17. The first-order chi connectivity index (χ1) is 6.78. The topological polar surface area (TPSA) is 26.0 Å². The van der Waals surface area contributed by atoms with E-state index in [2.05, 4.69) is 0 Å². The zero-order valence-electron chi connectivity index (χ0n) is 9.20. The van der Waals surface area contributed by atoms with E-state index in [1.165, 1.54) is 0 Å². The van der Waals surface area contributed by atoms with E-state index >= 15 is 0 Å². The van der Waals surface area contributed by atoms with Gasteiger partial charge in [-0.25, -0.2) is 8.78 Å². The van der Waals surface area contributed by atoms with Gasteiger partial charge in [-0.2, -0.15) is 0 Å². The minimum atomic E-state index is -2.74. The Morgan fingerprint density at radius 2 is 1.53 bits per heavy atom. The molecule has 0 heterocycles. The summed E-state index contributed by atoms with van der Waals surface area (Å²) in [4.78, 5) is 0. The summed E-state index contributed by atoms with van der Waals surface area (Å²) >= 11 is 0. The number of benzene rings is 1. The fourth-order valence-corrected chi connectivity index (χ4v) is 2.46. The first kappa shape index (κ1) is 10.6. The number of hydrogen-bond acceptors (Lipinski definition) is 1. The van der Waals surface area contributed by atoms with E-state index in [-0.39, 0.29) is 6.42 Å². The van der Waals surface area contributed by atoms with Gasteiger partial charge in [0.05, 0.1) is 0 Å². The molecule has 0 aromatic heterocycles. The molecule has 0 radical (unpaired) electrons. The molecule has 3 heteroatoms. The van der Waals surface area contributed by atoms with Gasteiger partial charge in [-0.3, -0.25) is 0 Å². The summed E-state index contributed by atoms with van der Waals surface area (Å²) in [5.41, 5.74) is 7.77. The van der Waals surface area contributed by atoms with E-state index in [1.807, 2.05) is 32.9 Å². The summed E-state index contributed by atoms with van der Waals surface area (Å²) in [6.07, 6.45) is -0.231. The van der Waals surface area contributed by atoms with Crippen molar-refractivity contribution in [3.05, 3.63) is 34.4 Å². The number of halogens is 2. The van der Waals surface area contributed by atoms with E-state index in [4.69, 9.17) is 5.73 Å². The Balaban J connectivity index is 2.56. The minimum Gasteiger partial charge on any atom is -0.316 e. The van der Waals surface area contributed by atoms with E-state index in [1.54, 1.807) is 0 Å². The first-order valence-electron chi connectivity index (χ1n) is 5.03. The van der Waals surface area contributed by atoms with Crippen molar-refractivity contribution < 1.29 is 8.78 Å². The molecule has 82 valence electrons. The fourth-order valence-electron chi connectivity index (χ4n) is 2.46. The van der Waals surface area contributed by atoms with Gasteiger partial charge >= 0.3 is 0 Å². The van der Waals surface area contributed by atoms with E-state index in [9.17, 15) is 8.78 Å². The number of hydrogen-bond donors (Lipinski definition) is 1. The molecule has 0 spiro atoms. The van der Waals surface area contributed by atoms with Crippen LogP contribution in [0, 0.1) is 20.8 Å². The highest BCUT2D eigenvalue weighted by molar-refractivity contribution is 5.47. The Hall–Kier alpha value is -0.960. The number of rotatable bonds is 1. The summed E-state index contributed by atoms with van der Waals surface area (Å²) in [5.74, 6) is -2.74. The van der Waals surface area contributed by atoms with Crippen LogP contribution in [0.15, 0.2) is 12.1 Å². The smallest absolute Gasteiger partial charge is 0.272 e. The van der Waals surface area contributed by atoms with Gasteiger partial charge in [0.2, 0.25) is 0 Å². The molecule has 1 atom stereocenters. The van der Waals surface area contributed by atoms with Crippen LogP contribution >= 0.6 is 0 Å². The van der Waals surface area contributed by atoms with Crippen molar-refractivity contribution in [3.63, 3.8) is 0 Å². The highest BCUT2D eigenvalue weighted by atomic mass is 19.3. The molecular weight excluding hydrogens is 196 g/mol. The molecule has 1 aromatic rings. The average Bonchev–Trinajstić information content (AvgIpc) is 2.47. The van der Waals surface area contributed by atoms with Crippen molar-refractivity contribution in [2.75, 3.05) is 0 Å². The fraction of sp³-hybridized carbons (Fsp3) is 0.500. The molecule has 0 amide bonds. The number of aryl methyl sites for hydroxylation is 3. The molecule has 1 aliphatic carbocycles. The van der Waals surface area contributed by atoms with Gasteiger partial charge in [0.25, 0.3) is 5.92 Å². The number of alkyl halides is 2. The van der Waals surface area contributed by atoms with Crippen molar-refractivity contribution in [2.24, 2.45) is 5.73 Å². The van der Waals surface area contributed by atoms with Crippen LogP contribution in [0.3, 0.4) is 0 Å². The second-order valence-corrected chi connectivity index (χ2v) is 4.63. The van der Waals surface area contributed by atoms with Crippen LogP contribution in [-0.2, 0) is 5.54 Å². The van der Waals surface area contributed by atoms with Crippen molar-refractivity contribution in [2.45, 2.75) is 38.7 Å². The summed E-state index contributed by atoms with van der Waals surface area (Å²) in [6, 6.07) is 3.82. The molecule has 0 bridgehead atoms. The summed E-state index contributed by atoms with van der Waals surface area (Å²) in [6.45, 7) is 5.65. The maximum Gasteiger partial charge on any atom is 0.272 e. The van der Waals surface area contributed by atoms with E-state index in [0.29, 0.717) is 5.56 Å². The third-order valence-electron chi connectivity index (χ3n) is 3.15. The lowest BCUT2D eigenvalue weighted by atomic mass is 9.92. The Labute approximate surface area is 88.3 Å². The lowest BCUT2D eigenvalue weighted by molar-refractivity contribution is 0.0888. The SMILES string of the molecule is Cc1cc(C)c(C2(N)CC2(F)F)c(C)c1. The second kappa shape index (κ2) is 2.79. The maximum absolute atomic E-state index is 13.2. The second-order valence-electron chi connectivity index (χ2n) is 4.63. The zero-order valence-corrected chi connectivity index (χ0v) is 9.20. The maximum atomic E-state index is 13.2. The predicted molar refractivity (Wildman–Crippen MR) is 56.1 cm³/mol. The zero-order chi connectivity index (χ0) is 11.4. The monoisotopic (exact) mass is 211 g/mol. The third-order valence-corrected chi connectivity index (χ3v) is 3.15. The van der Waals surface area contributed by atoms with Crippen LogP contribution in [0.2, 0.25) is 0 Å². The van der Waals surface area contributed by atoms with Gasteiger partial charge in [-0.15, -0.1) is 0 Å². The molecule has 1 unspecified atom stereocenters. The van der Waals surface area contributed by atoms with Crippen molar-refractivity contribution >= 4 is 0 Å². The summed E-state index contributed by atoms with van der Waals surface area (Å²) < 4.78 is 26.4. The van der Waals surface area contributed by atoms with Crippen LogP contribution in [0.1, 0.15) is 28.7 Å². The van der Waals surface area contributed by atoms with Crippen LogP contribution in [0.25, 0.3) is 0 Å². The summed E-state index contributed by atoms with van der Waals surface area (Å²) in [5, 5.41) is 0. The van der Waals surface area contributed by atoms with Gasteiger partial charge in [0.1, 0.15) is 5.54 Å². The van der Waals surface area contributed by atoms with Crippen LogP contribution in [-0.4, -0.2) is 5.92 Å². The standard InChI is InChI=1S/C12H15F2N/c1-7-4-8(2)10(9(3)5-7)11(15)6-12(11,13)14/h4-5H,6,15H2,1-3H3. The molecule has 1 fully saturated rings. The molecule has 2 rings (SSSR count). The molecule has 1 saturated carbocycles. The van der Waals surface area contributed by atoms with Gasteiger partial charge in [0.15, 0.2) is 0 Å². The predicted octanol–water partition coefficient (Wildman–Crippen LogP) is 2.80. The highest BCUT2D eigenvalue weighted by Crippen LogP contribution is 2.58.